The number of carboxylic acids is 1. The van der Waals surface area contributed by atoms with Crippen molar-refractivity contribution in [3.05, 3.63) is 70.4 Å². The van der Waals surface area contributed by atoms with Crippen LogP contribution in [0.25, 0.3) is 6.08 Å². The monoisotopic (exact) mass is 373 g/mol. The number of halogens is 1. The molecule has 0 aliphatic rings. The maximum absolute atomic E-state index is 12.3. The highest BCUT2D eigenvalue weighted by molar-refractivity contribution is 6.30. The van der Waals surface area contributed by atoms with Gasteiger partial charge in [0.2, 0.25) is 0 Å². The molecule has 0 saturated heterocycles. The zero-order chi connectivity index (χ0) is 18.9. The third-order valence-electron chi connectivity index (χ3n) is 3.54. The maximum atomic E-state index is 12.3. The first-order valence-corrected chi connectivity index (χ1v) is 8.62. The van der Waals surface area contributed by atoms with Gasteiger partial charge >= 0.3 is 5.97 Å². The molecule has 0 aliphatic carbocycles. The van der Waals surface area contributed by atoms with Crippen molar-refractivity contribution < 1.29 is 19.4 Å². The Kier molecular flexibility index (Phi) is 7.24. The van der Waals surface area contributed by atoms with Crippen LogP contribution < -0.4 is 10.1 Å². The molecule has 2 N–H and O–H groups in total. The van der Waals surface area contributed by atoms with Crippen LogP contribution in [0.15, 0.2) is 54.2 Å². The van der Waals surface area contributed by atoms with Crippen LogP contribution in [0.3, 0.4) is 0 Å². The molecule has 6 heteroatoms. The number of carbonyl (C=O) groups excluding carboxylic acids is 1. The van der Waals surface area contributed by atoms with E-state index in [0.717, 1.165) is 12.8 Å². The van der Waals surface area contributed by atoms with Crippen molar-refractivity contribution in [2.75, 3.05) is 6.61 Å². The van der Waals surface area contributed by atoms with Crippen molar-refractivity contribution in [2.45, 2.75) is 19.8 Å². The second-order valence-electron chi connectivity index (χ2n) is 5.60. The first-order valence-electron chi connectivity index (χ1n) is 8.24. The summed E-state index contributed by atoms with van der Waals surface area (Å²) in [6, 6.07) is 13.2. The van der Waals surface area contributed by atoms with E-state index in [2.05, 4.69) is 12.2 Å². The molecule has 2 aromatic rings. The molecular weight excluding hydrogens is 354 g/mol. The van der Waals surface area contributed by atoms with Gasteiger partial charge in [0, 0.05) is 10.6 Å². The Morgan fingerprint density at radius 3 is 2.35 bits per heavy atom. The summed E-state index contributed by atoms with van der Waals surface area (Å²) in [7, 11) is 0. The van der Waals surface area contributed by atoms with Gasteiger partial charge in [-0.1, -0.05) is 37.1 Å². The Hall–Kier alpha value is -2.79. The van der Waals surface area contributed by atoms with Crippen molar-refractivity contribution in [3.8, 4) is 5.75 Å². The molecule has 0 radical (unpaired) electrons. The zero-order valence-corrected chi connectivity index (χ0v) is 15.1. The van der Waals surface area contributed by atoms with E-state index in [-0.39, 0.29) is 5.70 Å². The van der Waals surface area contributed by atoms with Crippen LogP contribution in [0.4, 0.5) is 0 Å². The van der Waals surface area contributed by atoms with E-state index in [9.17, 15) is 14.7 Å². The molecule has 0 spiro atoms. The molecule has 26 heavy (non-hydrogen) atoms. The molecule has 2 rings (SSSR count). The third kappa shape index (κ3) is 5.93. The summed E-state index contributed by atoms with van der Waals surface area (Å²) >= 11 is 5.81. The molecule has 136 valence electrons. The van der Waals surface area contributed by atoms with Gasteiger partial charge in [0.1, 0.15) is 11.4 Å². The van der Waals surface area contributed by atoms with E-state index in [1.807, 2.05) is 0 Å². The first-order chi connectivity index (χ1) is 12.5. The third-order valence-corrected chi connectivity index (χ3v) is 3.79. The van der Waals surface area contributed by atoms with Gasteiger partial charge in [0.25, 0.3) is 5.91 Å². The summed E-state index contributed by atoms with van der Waals surface area (Å²) in [5, 5.41) is 12.3. The van der Waals surface area contributed by atoms with Gasteiger partial charge < -0.3 is 15.2 Å². The number of hydrogen-bond donors (Lipinski definition) is 2. The van der Waals surface area contributed by atoms with E-state index < -0.39 is 11.9 Å². The Balaban J connectivity index is 2.07. The number of carbonyl (C=O) groups is 2. The van der Waals surface area contributed by atoms with Crippen LogP contribution >= 0.6 is 11.6 Å². The topological polar surface area (TPSA) is 75.6 Å². The fraction of sp³-hybridized carbons (Fsp3) is 0.200. The number of nitrogens with one attached hydrogen (secondary N) is 1. The lowest BCUT2D eigenvalue weighted by atomic mass is 10.1. The predicted octanol–water partition coefficient (Wildman–Crippen LogP) is 4.37. The normalized spacial score (nSPS) is 11.1. The highest BCUT2D eigenvalue weighted by Gasteiger charge is 2.13. The van der Waals surface area contributed by atoms with Crippen LogP contribution in [0.1, 0.15) is 35.7 Å². The second kappa shape index (κ2) is 9.63. The Morgan fingerprint density at radius 1 is 1.12 bits per heavy atom. The van der Waals surface area contributed by atoms with E-state index in [1.165, 1.54) is 6.08 Å². The average Bonchev–Trinajstić information content (AvgIpc) is 2.63. The van der Waals surface area contributed by atoms with Crippen LogP contribution in [0.2, 0.25) is 5.02 Å². The zero-order valence-electron chi connectivity index (χ0n) is 14.4. The fourth-order valence-electron chi connectivity index (χ4n) is 2.11. The summed E-state index contributed by atoms with van der Waals surface area (Å²) in [5.41, 5.74) is 0.739. The lowest BCUT2D eigenvalue weighted by Crippen LogP contribution is -2.27. The average molecular weight is 374 g/mol. The number of amides is 1. The Bertz CT molecular complexity index is 782. The minimum Gasteiger partial charge on any atom is -0.494 e. The molecule has 0 saturated carbocycles. The largest absolute Gasteiger partial charge is 0.494 e. The number of unbranched alkanes of at least 4 members (excludes halogenated alkanes) is 1. The van der Waals surface area contributed by atoms with E-state index in [4.69, 9.17) is 16.3 Å². The number of ether oxygens (including phenoxy) is 1. The van der Waals surface area contributed by atoms with Crippen LogP contribution in [0.5, 0.6) is 5.75 Å². The molecule has 0 aliphatic heterocycles. The minimum absolute atomic E-state index is 0.222. The second-order valence-corrected chi connectivity index (χ2v) is 6.03. The van der Waals surface area contributed by atoms with E-state index >= 15 is 0 Å². The molecule has 0 bridgehead atoms. The smallest absolute Gasteiger partial charge is 0.352 e. The molecule has 0 atom stereocenters. The highest BCUT2D eigenvalue weighted by atomic mass is 35.5. The molecule has 0 fully saturated rings. The van der Waals surface area contributed by atoms with Crippen molar-refractivity contribution in [2.24, 2.45) is 0 Å². The van der Waals surface area contributed by atoms with Crippen LogP contribution in [0, 0.1) is 0 Å². The van der Waals surface area contributed by atoms with Gasteiger partial charge in [0.15, 0.2) is 0 Å². The maximum Gasteiger partial charge on any atom is 0.352 e. The van der Waals surface area contributed by atoms with Crippen LogP contribution in [-0.2, 0) is 4.79 Å². The molecule has 0 heterocycles. The number of carboxylic acid groups (broad SMARTS) is 1. The molecule has 5 nitrogen and oxygen atoms in total. The van der Waals surface area contributed by atoms with Crippen molar-refractivity contribution >= 4 is 29.6 Å². The van der Waals surface area contributed by atoms with Gasteiger partial charge in [-0.25, -0.2) is 4.79 Å². The van der Waals surface area contributed by atoms with Crippen LogP contribution in [-0.4, -0.2) is 23.6 Å². The molecule has 1 amide bonds. The summed E-state index contributed by atoms with van der Waals surface area (Å²) in [6.45, 7) is 2.70. The van der Waals surface area contributed by atoms with Gasteiger partial charge in [-0.3, -0.25) is 4.79 Å². The number of aliphatic carboxylic acids is 1. The summed E-state index contributed by atoms with van der Waals surface area (Å²) in [6.07, 6.45) is 3.37. The van der Waals surface area contributed by atoms with Gasteiger partial charge in [-0.15, -0.1) is 0 Å². The minimum atomic E-state index is -1.23. The van der Waals surface area contributed by atoms with Crippen molar-refractivity contribution in [1.82, 2.24) is 5.32 Å². The molecule has 2 aromatic carbocycles. The first kappa shape index (κ1) is 19.5. The lowest BCUT2D eigenvalue weighted by molar-refractivity contribution is -0.132. The SMILES string of the molecule is CCCCOc1ccc(C(=O)N/C(=C/c2ccc(Cl)cc2)C(=O)O)cc1. The van der Waals surface area contributed by atoms with Crippen molar-refractivity contribution in [1.29, 1.82) is 0 Å². The Morgan fingerprint density at radius 2 is 1.77 bits per heavy atom. The van der Waals surface area contributed by atoms with Gasteiger partial charge in [0.05, 0.1) is 6.61 Å². The standard InChI is InChI=1S/C20H20ClNO4/c1-2-3-12-26-17-10-6-15(7-11-17)19(23)22-18(20(24)25)13-14-4-8-16(21)9-5-14/h4-11,13H,2-3,12H2,1H3,(H,22,23)(H,24,25)/b18-13+. The van der Waals surface area contributed by atoms with Crippen molar-refractivity contribution in [3.63, 3.8) is 0 Å². The summed E-state index contributed by atoms with van der Waals surface area (Å²) in [4.78, 5) is 23.7. The number of rotatable bonds is 8. The fourth-order valence-corrected chi connectivity index (χ4v) is 2.23. The molecule has 0 unspecified atom stereocenters. The lowest BCUT2D eigenvalue weighted by Gasteiger charge is -2.08. The summed E-state index contributed by atoms with van der Waals surface area (Å²) < 4.78 is 5.54. The number of benzene rings is 2. The van der Waals surface area contributed by atoms with Gasteiger partial charge in [-0.2, -0.15) is 0 Å². The Labute approximate surface area is 157 Å². The van der Waals surface area contributed by atoms with Gasteiger partial charge in [-0.05, 0) is 54.5 Å². The molecule has 0 aromatic heterocycles. The number of hydrogen-bond acceptors (Lipinski definition) is 3. The van der Waals surface area contributed by atoms with E-state index in [0.29, 0.717) is 28.5 Å². The quantitative estimate of drug-likeness (QED) is 0.532. The molecular formula is C20H20ClNO4. The summed E-state index contributed by atoms with van der Waals surface area (Å²) in [5.74, 6) is -1.06. The van der Waals surface area contributed by atoms with E-state index in [1.54, 1.807) is 48.5 Å². The highest BCUT2D eigenvalue weighted by Crippen LogP contribution is 2.14. The predicted molar refractivity (Wildman–Crippen MR) is 101 cm³/mol.